The number of anilines is 1. The van der Waals surface area contributed by atoms with E-state index in [0.717, 1.165) is 46.5 Å². The molecule has 0 aromatic carbocycles. The minimum absolute atomic E-state index is 0.297. The summed E-state index contributed by atoms with van der Waals surface area (Å²) in [6.07, 6.45) is 1.64. The third-order valence-corrected chi connectivity index (χ3v) is 7.23. The van der Waals surface area contributed by atoms with Crippen LogP contribution in [0.3, 0.4) is 0 Å². The lowest BCUT2D eigenvalue weighted by Crippen LogP contribution is -2.42. The molecule has 0 bridgehead atoms. The van der Waals surface area contributed by atoms with E-state index in [2.05, 4.69) is 48.1 Å². The predicted molar refractivity (Wildman–Crippen MR) is 101 cm³/mol. The average Bonchev–Trinajstić information content (AvgIpc) is 3.29. The summed E-state index contributed by atoms with van der Waals surface area (Å²) in [6.45, 7) is 2.06. The molecular formula is C15H16BrN5OS2. The number of hydrogen-bond donors (Lipinski definition) is 2. The lowest BCUT2D eigenvalue weighted by atomic mass is 9.95. The molecule has 1 atom stereocenters. The van der Waals surface area contributed by atoms with Gasteiger partial charge in [0.1, 0.15) is 10.2 Å². The van der Waals surface area contributed by atoms with E-state index in [9.17, 15) is 0 Å². The summed E-state index contributed by atoms with van der Waals surface area (Å²) in [5.74, 6) is 0.763. The van der Waals surface area contributed by atoms with Crippen LogP contribution in [0.2, 0.25) is 0 Å². The van der Waals surface area contributed by atoms with Crippen molar-refractivity contribution in [1.29, 1.82) is 0 Å². The Morgan fingerprint density at radius 3 is 3.08 bits per heavy atom. The van der Waals surface area contributed by atoms with E-state index < -0.39 is 0 Å². The molecule has 3 N–H and O–H groups in total. The van der Waals surface area contributed by atoms with Crippen LogP contribution in [0.25, 0.3) is 10.2 Å². The Hall–Kier alpha value is -1.13. The van der Waals surface area contributed by atoms with Crippen LogP contribution < -0.4 is 11.1 Å². The van der Waals surface area contributed by atoms with Gasteiger partial charge in [0.25, 0.3) is 0 Å². The molecule has 24 heavy (non-hydrogen) atoms. The largest absolute Gasteiger partial charge is 0.379 e. The summed E-state index contributed by atoms with van der Waals surface area (Å²) >= 11 is 7.05. The summed E-state index contributed by atoms with van der Waals surface area (Å²) in [5, 5.41) is 17.7. The Morgan fingerprint density at radius 1 is 1.42 bits per heavy atom. The fraction of sp³-hybridized carbons (Fsp3) is 0.400. The molecule has 1 aliphatic rings. The Morgan fingerprint density at radius 2 is 2.33 bits per heavy atom. The maximum atomic E-state index is 6.44. The number of fused-ring (bicyclic) bond motifs is 1. The lowest BCUT2D eigenvalue weighted by molar-refractivity contribution is 0.178. The normalized spacial score (nSPS) is 20.8. The Bertz CT molecular complexity index is 845. The number of rotatable bonds is 5. The summed E-state index contributed by atoms with van der Waals surface area (Å²) in [7, 11) is 0. The van der Waals surface area contributed by atoms with Gasteiger partial charge >= 0.3 is 0 Å². The second-order valence-electron chi connectivity index (χ2n) is 5.93. The van der Waals surface area contributed by atoms with Gasteiger partial charge < -0.3 is 15.8 Å². The summed E-state index contributed by atoms with van der Waals surface area (Å²) in [5.41, 5.74) is 6.98. The van der Waals surface area contributed by atoms with Crippen LogP contribution in [0, 0.1) is 0 Å². The predicted octanol–water partition coefficient (Wildman–Crippen LogP) is 3.18. The van der Waals surface area contributed by atoms with Crippen LogP contribution in [-0.4, -0.2) is 34.2 Å². The molecule has 0 aliphatic carbocycles. The third-order valence-electron chi connectivity index (χ3n) is 4.05. The van der Waals surface area contributed by atoms with Gasteiger partial charge in [-0.1, -0.05) is 6.07 Å². The van der Waals surface area contributed by atoms with Crippen molar-refractivity contribution in [2.24, 2.45) is 5.73 Å². The third kappa shape index (κ3) is 3.18. The number of hydrogen-bond acceptors (Lipinski definition) is 8. The van der Waals surface area contributed by atoms with Crippen LogP contribution in [0.1, 0.15) is 16.2 Å². The number of thiophene rings is 2. The van der Waals surface area contributed by atoms with Crippen LogP contribution in [0.4, 0.5) is 5.82 Å². The Kier molecular flexibility index (Phi) is 4.52. The van der Waals surface area contributed by atoms with Crippen molar-refractivity contribution in [1.82, 2.24) is 15.4 Å². The molecule has 9 heteroatoms. The molecule has 0 spiro atoms. The van der Waals surface area contributed by atoms with E-state index in [1.54, 1.807) is 22.7 Å². The van der Waals surface area contributed by atoms with Crippen molar-refractivity contribution in [2.45, 2.75) is 24.9 Å². The zero-order chi connectivity index (χ0) is 16.6. The number of nitrogens with two attached hydrogens (primary N) is 1. The fourth-order valence-electron chi connectivity index (χ4n) is 2.75. The lowest BCUT2D eigenvalue weighted by Gasteiger charge is -2.20. The Balaban J connectivity index is 1.63. The molecule has 0 saturated carbocycles. The molecule has 3 aromatic rings. The van der Waals surface area contributed by atoms with E-state index in [1.165, 1.54) is 9.75 Å². The number of nitrogens with one attached hydrogen (secondary N) is 1. The molecule has 6 nitrogen and oxygen atoms in total. The molecule has 3 aromatic heterocycles. The minimum Gasteiger partial charge on any atom is -0.379 e. The maximum absolute atomic E-state index is 6.44. The van der Waals surface area contributed by atoms with Crippen LogP contribution in [0.5, 0.6) is 0 Å². The van der Waals surface area contributed by atoms with E-state index in [4.69, 9.17) is 10.5 Å². The first-order chi connectivity index (χ1) is 11.6. The highest BCUT2D eigenvalue weighted by Crippen LogP contribution is 2.39. The molecule has 0 radical (unpaired) electrons. The molecule has 0 amide bonds. The van der Waals surface area contributed by atoms with E-state index in [0.29, 0.717) is 6.61 Å². The number of aromatic nitrogens is 3. The number of halogens is 1. The highest BCUT2D eigenvalue weighted by atomic mass is 79.9. The molecule has 4 rings (SSSR count). The zero-order valence-corrected chi connectivity index (χ0v) is 16.0. The fourth-order valence-corrected chi connectivity index (χ4v) is 5.43. The van der Waals surface area contributed by atoms with Gasteiger partial charge in [-0.2, -0.15) is 0 Å². The van der Waals surface area contributed by atoms with E-state index in [-0.39, 0.29) is 5.54 Å². The number of nitrogens with zero attached hydrogens (tertiary/aromatic N) is 3. The molecule has 1 aliphatic heterocycles. The van der Waals surface area contributed by atoms with Crippen molar-refractivity contribution in [2.75, 3.05) is 18.5 Å². The average molecular weight is 426 g/mol. The van der Waals surface area contributed by atoms with Gasteiger partial charge in [-0.15, -0.1) is 32.9 Å². The smallest absolute Gasteiger partial charge is 0.170 e. The van der Waals surface area contributed by atoms with Gasteiger partial charge in [-0.3, -0.25) is 0 Å². The SMILES string of the molecule is NC1(Cc2sc3c(NCc4cccs4)nnnc3c2Br)CCOC1. The highest BCUT2D eigenvalue weighted by molar-refractivity contribution is 9.10. The Labute approximate surface area is 155 Å². The van der Waals surface area contributed by atoms with Gasteiger partial charge in [-0.05, 0) is 39.0 Å². The van der Waals surface area contributed by atoms with Crippen molar-refractivity contribution in [3.05, 3.63) is 31.7 Å². The first-order valence-electron chi connectivity index (χ1n) is 7.58. The van der Waals surface area contributed by atoms with Crippen molar-refractivity contribution in [3.63, 3.8) is 0 Å². The van der Waals surface area contributed by atoms with Crippen LogP contribution >= 0.6 is 38.6 Å². The van der Waals surface area contributed by atoms with Gasteiger partial charge in [-0.25, -0.2) is 0 Å². The van der Waals surface area contributed by atoms with E-state index in [1.807, 2.05) is 6.07 Å². The molecular weight excluding hydrogens is 410 g/mol. The van der Waals surface area contributed by atoms with Crippen LogP contribution in [0.15, 0.2) is 22.0 Å². The first-order valence-corrected chi connectivity index (χ1v) is 10.1. The van der Waals surface area contributed by atoms with Crippen molar-refractivity contribution < 1.29 is 4.74 Å². The summed E-state index contributed by atoms with van der Waals surface area (Å²) in [4.78, 5) is 2.42. The van der Waals surface area contributed by atoms with Crippen molar-refractivity contribution in [3.8, 4) is 0 Å². The van der Waals surface area contributed by atoms with Gasteiger partial charge in [0.05, 0.1) is 17.6 Å². The van der Waals surface area contributed by atoms with E-state index >= 15 is 0 Å². The standard InChI is InChI=1S/C15H16BrN5OS2/c16-11-10(6-15(17)3-4-22-8-15)24-13-12(11)19-21-20-14(13)18-7-9-2-1-5-23-9/h1-2,5H,3-4,6-8,17H2,(H,18,19,20). The second-order valence-corrected chi connectivity index (χ2v) is 8.86. The minimum atomic E-state index is -0.297. The highest BCUT2D eigenvalue weighted by Gasteiger charge is 2.32. The molecule has 1 fully saturated rings. The monoisotopic (exact) mass is 425 g/mol. The molecule has 4 heterocycles. The van der Waals surface area contributed by atoms with Gasteiger partial charge in [0, 0.05) is 28.3 Å². The maximum Gasteiger partial charge on any atom is 0.170 e. The molecule has 1 unspecified atom stereocenters. The van der Waals surface area contributed by atoms with Crippen LogP contribution in [-0.2, 0) is 17.7 Å². The molecule has 126 valence electrons. The first kappa shape index (κ1) is 16.3. The second kappa shape index (κ2) is 6.64. The quantitative estimate of drug-likeness (QED) is 0.652. The van der Waals surface area contributed by atoms with Gasteiger partial charge in [0.15, 0.2) is 5.82 Å². The topological polar surface area (TPSA) is 86.0 Å². The zero-order valence-electron chi connectivity index (χ0n) is 12.8. The number of ether oxygens (including phenoxy) is 1. The van der Waals surface area contributed by atoms with Gasteiger partial charge in [0.2, 0.25) is 0 Å². The summed E-state index contributed by atoms with van der Waals surface area (Å²) < 4.78 is 7.43. The van der Waals surface area contributed by atoms with Crippen molar-refractivity contribution >= 4 is 54.6 Å². The molecule has 1 saturated heterocycles. The summed E-state index contributed by atoms with van der Waals surface area (Å²) in [6, 6.07) is 4.14.